The molecule has 2 aromatic heterocycles. The van der Waals surface area contributed by atoms with Crippen LogP contribution in [0.2, 0.25) is 0 Å². The second-order valence-electron chi connectivity index (χ2n) is 4.49. The molecule has 0 aliphatic rings. The van der Waals surface area contributed by atoms with Crippen LogP contribution in [0.1, 0.15) is 23.1 Å². The van der Waals surface area contributed by atoms with Crippen LogP contribution in [0.25, 0.3) is 11.0 Å². The fourth-order valence-corrected chi connectivity index (χ4v) is 2.18. The maximum atomic E-state index is 12.3. The zero-order valence-corrected chi connectivity index (χ0v) is 11.2. The quantitative estimate of drug-likeness (QED) is 0.680. The standard InChI is InChI=1S/C15H14N4O/c1-2-19-8-7-18-15(19)10-14(20)11-3-4-12-13(9-11)17-6-5-16-12/h3-9H,2,10H2,1H3. The summed E-state index contributed by atoms with van der Waals surface area (Å²) < 4.78 is 1.97. The molecule has 0 amide bonds. The molecular formula is C15H14N4O. The third kappa shape index (κ3) is 2.30. The number of carbonyl (C=O) groups excluding carboxylic acids is 1. The normalized spacial score (nSPS) is 10.8. The second-order valence-corrected chi connectivity index (χ2v) is 4.49. The number of Topliss-reactive ketones (excluding diaryl/α,β-unsaturated/α-hetero) is 1. The van der Waals surface area contributed by atoms with E-state index in [9.17, 15) is 4.79 Å². The van der Waals surface area contributed by atoms with E-state index in [-0.39, 0.29) is 5.78 Å². The van der Waals surface area contributed by atoms with Crippen molar-refractivity contribution in [3.8, 4) is 0 Å². The average Bonchev–Trinajstić information content (AvgIpc) is 2.94. The lowest BCUT2D eigenvalue weighted by atomic mass is 10.1. The van der Waals surface area contributed by atoms with E-state index in [1.807, 2.05) is 23.8 Å². The molecule has 0 atom stereocenters. The molecule has 0 aliphatic heterocycles. The van der Waals surface area contributed by atoms with Gasteiger partial charge in [0, 0.05) is 36.9 Å². The van der Waals surface area contributed by atoms with Gasteiger partial charge >= 0.3 is 0 Å². The third-order valence-electron chi connectivity index (χ3n) is 3.25. The number of carbonyl (C=O) groups is 1. The molecule has 3 rings (SSSR count). The van der Waals surface area contributed by atoms with Gasteiger partial charge in [0.2, 0.25) is 0 Å². The smallest absolute Gasteiger partial charge is 0.170 e. The summed E-state index contributed by atoms with van der Waals surface area (Å²) >= 11 is 0. The number of benzene rings is 1. The van der Waals surface area contributed by atoms with E-state index in [0.717, 1.165) is 23.4 Å². The summed E-state index contributed by atoms with van der Waals surface area (Å²) in [5, 5.41) is 0. The van der Waals surface area contributed by atoms with Crippen LogP contribution in [0.4, 0.5) is 0 Å². The molecule has 5 heteroatoms. The first-order valence-electron chi connectivity index (χ1n) is 6.52. The SMILES string of the molecule is CCn1ccnc1CC(=O)c1ccc2nccnc2c1. The summed E-state index contributed by atoms with van der Waals surface area (Å²) in [7, 11) is 0. The van der Waals surface area contributed by atoms with Crippen LogP contribution in [-0.2, 0) is 13.0 Å². The van der Waals surface area contributed by atoms with Crippen molar-refractivity contribution in [1.82, 2.24) is 19.5 Å². The van der Waals surface area contributed by atoms with Crippen LogP contribution in [0.5, 0.6) is 0 Å². The molecule has 0 radical (unpaired) electrons. The van der Waals surface area contributed by atoms with Crippen molar-refractivity contribution in [2.24, 2.45) is 0 Å². The molecule has 5 nitrogen and oxygen atoms in total. The van der Waals surface area contributed by atoms with Crippen molar-refractivity contribution < 1.29 is 4.79 Å². The maximum Gasteiger partial charge on any atom is 0.170 e. The Morgan fingerprint density at radius 2 is 1.90 bits per heavy atom. The Kier molecular flexibility index (Phi) is 3.25. The molecule has 0 saturated carbocycles. The van der Waals surface area contributed by atoms with Gasteiger partial charge in [0.15, 0.2) is 5.78 Å². The van der Waals surface area contributed by atoms with Crippen LogP contribution >= 0.6 is 0 Å². The Hall–Kier alpha value is -2.56. The summed E-state index contributed by atoms with van der Waals surface area (Å²) in [6.07, 6.45) is 7.17. The van der Waals surface area contributed by atoms with Crippen LogP contribution in [0, 0.1) is 0 Å². The topological polar surface area (TPSA) is 60.7 Å². The van der Waals surface area contributed by atoms with Crippen molar-refractivity contribution in [3.63, 3.8) is 0 Å². The molecule has 0 fully saturated rings. The predicted octanol–water partition coefficient (Wildman–Crippen LogP) is 2.27. The molecule has 0 spiro atoms. The number of nitrogens with zero attached hydrogens (tertiary/aromatic N) is 4. The van der Waals surface area contributed by atoms with Gasteiger partial charge in [0.05, 0.1) is 17.5 Å². The van der Waals surface area contributed by atoms with Crippen molar-refractivity contribution in [1.29, 1.82) is 0 Å². The summed E-state index contributed by atoms with van der Waals surface area (Å²) in [6, 6.07) is 5.39. The highest BCUT2D eigenvalue weighted by Crippen LogP contribution is 2.13. The lowest BCUT2D eigenvalue weighted by molar-refractivity contribution is 0.0990. The molecule has 3 aromatic rings. The zero-order chi connectivity index (χ0) is 13.9. The molecule has 100 valence electrons. The van der Waals surface area contributed by atoms with Crippen molar-refractivity contribution in [2.75, 3.05) is 0 Å². The molecule has 2 heterocycles. The van der Waals surface area contributed by atoms with Crippen LogP contribution in [0.15, 0.2) is 43.0 Å². The summed E-state index contributed by atoms with van der Waals surface area (Å²) in [4.78, 5) is 25.0. The predicted molar refractivity (Wildman–Crippen MR) is 75.5 cm³/mol. The first-order chi connectivity index (χ1) is 9.78. The van der Waals surface area contributed by atoms with Crippen LogP contribution < -0.4 is 0 Å². The number of imidazole rings is 1. The first-order valence-corrected chi connectivity index (χ1v) is 6.52. The number of aryl methyl sites for hydroxylation is 1. The number of aromatic nitrogens is 4. The van der Waals surface area contributed by atoms with Gasteiger partial charge in [0.25, 0.3) is 0 Å². The molecule has 0 saturated heterocycles. The van der Waals surface area contributed by atoms with E-state index in [2.05, 4.69) is 15.0 Å². The molecule has 1 aromatic carbocycles. The second kappa shape index (κ2) is 5.21. The van der Waals surface area contributed by atoms with E-state index >= 15 is 0 Å². The number of ketones is 1. The fourth-order valence-electron chi connectivity index (χ4n) is 2.18. The minimum absolute atomic E-state index is 0.0402. The van der Waals surface area contributed by atoms with E-state index in [4.69, 9.17) is 0 Å². The highest BCUT2D eigenvalue weighted by Gasteiger charge is 2.11. The average molecular weight is 266 g/mol. The van der Waals surface area contributed by atoms with Gasteiger partial charge in [-0.05, 0) is 25.1 Å². The van der Waals surface area contributed by atoms with Gasteiger partial charge < -0.3 is 4.57 Å². The van der Waals surface area contributed by atoms with Gasteiger partial charge in [0.1, 0.15) is 5.82 Å². The largest absolute Gasteiger partial charge is 0.335 e. The molecule has 0 aliphatic carbocycles. The Morgan fingerprint density at radius 1 is 1.10 bits per heavy atom. The fraction of sp³-hybridized carbons (Fsp3) is 0.200. The Balaban J connectivity index is 1.89. The lowest BCUT2D eigenvalue weighted by Crippen LogP contribution is -2.09. The first kappa shape index (κ1) is 12.5. The molecular weight excluding hydrogens is 252 g/mol. The summed E-state index contributed by atoms with van der Waals surface area (Å²) in [6.45, 7) is 2.84. The highest BCUT2D eigenvalue weighted by atomic mass is 16.1. The molecule has 20 heavy (non-hydrogen) atoms. The summed E-state index contributed by atoms with van der Waals surface area (Å²) in [5.41, 5.74) is 2.17. The lowest BCUT2D eigenvalue weighted by Gasteiger charge is -2.05. The number of hydrogen-bond acceptors (Lipinski definition) is 4. The number of fused-ring (bicyclic) bond motifs is 1. The van der Waals surface area contributed by atoms with Crippen LogP contribution in [-0.4, -0.2) is 25.3 Å². The zero-order valence-electron chi connectivity index (χ0n) is 11.2. The Bertz CT molecular complexity index is 763. The van der Waals surface area contributed by atoms with Crippen LogP contribution in [0.3, 0.4) is 0 Å². The molecule has 0 bridgehead atoms. The van der Waals surface area contributed by atoms with E-state index in [0.29, 0.717) is 12.0 Å². The van der Waals surface area contributed by atoms with Gasteiger partial charge in [-0.15, -0.1) is 0 Å². The minimum Gasteiger partial charge on any atom is -0.335 e. The van der Waals surface area contributed by atoms with Gasteiger partial charge in [-0.3, -0.25) is 14.8 Å². The minimum atomic E-state index is 0.0402. The van der Waals surface area contributed by atoms with E-state index < -0.39 is 0 Å². The Labute approximate surface area is 116 Å². The van der Waals surface area contributed by atoms with Gasteiger partial charge in [-0.25, -0.2) is 4.98 Å². The monoisotopic (exact) mass is 266 g/mol. The number of hydrogen-bond donors (Lipinski definition) is 0. The van der Waals surface area contributed by atoms with E-state index in [1.54, 1.807) is 30.7 Å². The Morgan fingerprint density at radius 3 is 2.70 bits per heavy atom. The maximum absolute atomic E-state index is 12.3. The highest BCUT2D eigenvalue weighted by molar-refractivity contribution is 5.99. The molecule has 0 unspecified atom stereocenters. The van der Waals surface area contributed by atoms with Gasteiger partial charge in [-0.2, -0.15) is 0 Å². The number of rotatable bonds is 4. The summed E-state index contributed by atoms with van der Waals surface area (Å²) in [5.74, 6) is 0.829. The van der Waals surface area contributed by atoms with Crippen molar-refractivity contribution in [3.05, 3.63) is 54.4 Å². The van der Waals surface area contributed by atoms with Gasteiger partial charge in [-0.1, -0.05) is 0 Å². The van der Waals surface area contributed by atoms with Crippen molar-refractivity contribution in [2.45, 2.75) is 19.9 Å². The van der Waals surface area contributed by atoms with Crippen molar-refractivity contribution >= 4 is 16.8 Å². The third-order valence-corrected chi connectivity index (χ3v) is 3.25. The molecule has 0 N–H and O–H groups in total. The van der Waals surface area contributed by atoms with E-state index in [1.165, 1.54) is 0 Å².